The second kappa shape index (κ2) is 10.8. The first-order valence-corrected chi connectivity index (χ1v) is 12.8. The molecule has 34 heavy (non-hydrogen) atoms. The number of nitrogens with zero attached hydrogens (tertiary/aromatic N) is 3. The lowest BCUT2D eigenvalue weighted by molar-refractivity contribution is -0.128. The molecule has 0 aliphatic carbocycles. The first-order valence-electron chi connectivity index (χ1n) is 12.0. The topological polar surface area (TPSA) is 71.3 Å². The number of piperidine rings is 1. The second-order valence-corrected chi connectivity index (χ2v) is 10.6. The molecule has 1 aliphatic heterocycles. The van der Waals surface area contributed by atoms with E-state index in [9.17, 15) is 4.79 Å². The molecule has 2 aromatic carbocycles. The van der Waals surface area contributed by atoms with E-state index in [1.807, 2.05) is 24.3 Å². The van der Waals surface area contributed by atoms with E-state index in [0.29, 0.717) is 30.7 Å². The van der Waals surface area contributed by atoms with E-state index in [1.54, 1.807) is 0 Å². The van der Waals surface area contributed by atoms with Gasteiger partial charge in [0, 0.05) is 16.6 Å². The van der Waals surface area contributed by atoms with Crippen molar-refractivity contribution in [1.29, 1.82) is 0 Å². The molecule has 0 bridgehead atoms. The van der Waals surface area contributed by atoms with E-state index in [-0.39, 0.29) is 17.9 Å². The molecule has 2 atom stereocenters. The van der Waals surface area contributed by atoms with E-state index in [2.05, 4.69) is 82.2 Å². The van der Waals surface area contributed by atoms with Gasteiger partial charge in [0.05, 0.1) is 18.5 Å². The molecule has 7 heteroatoms. The summed E-state index contributed by atoms with van der Waals surface area (Å²) in [5, 5.41) is 7.49. The Balaban J connectivity index is 1.39. The van der Waals surface area contributed by atoms with Gasteiger partial charge < -0.3 is 9.84 Å². The summed E-state index contributed by atoms with van der Waals surface area (Å²) in [6.45, 7) is 10.7. The van der Waals surface area contributed by atoms with Crippen molar-refractivity contribution in [3.63, 3.8) is 0 Å². The Labute approximate surface area is 210 Å². The van der Waals surface area contributed by atoms with Gasteiger partial charge in [-0.05, 0) is 74.5 Å². The normalized spacial score (nSPS) is 17.6. The quantitative estimate of drug-likeness (QED) is 0.420. The van der Waals surface area contributed by atoms with Gasteiger partial charge in [-0.2, -0.15) is 4.98 Å². The number of likely N-dealkylation sites (tertiary alicyclic amines) is 1. The minimum absolute atomic E-state index is 0.00730. The molecule has 0 radical (unpaired) electrons. The first-order chi connectivity index (χ1) is 16.3. The number of carbonyl (C=O) groups excluding carboxylic acids is 1. The Morgan fingerprint density at radius 2 is 1.97 bits per heavy atom. The van der Waals surface area contributed by atoms with Crippen LogP contribution in [0.2, 0.25) is 0 Å². The number of hydrogen-bond donors (Lipinski definition) is 1. The molecule has 1 fully saturated rings. The lowest BCUT2D eigenvalue weighted by Crippen LogP contribution is -2.44. The van der Waals surface area contributed by atoms with E-state index in [4.69, 9.17) is 4.52 Å². The van der Waals surface area contributed by atoms with Crippen molar-refractivity contribution in [2.24, 2.45) is 11.8 Å². The number of carbonyl (C=O) groups is 1. The third-order valence-corrected chi connectivity index (χ3v) is 7.06. The summed E-state index contributed by atoms with van der Waals surface area (Å²) in [7, 11) is 0. The van der Waals surface area contributed by atoms with Gasteiger partial charge in [0.25, 0.3) is 0 Å². The standard InChI is InChI=1S/C27H33BrN4O2/c1-17(2)25(23-12-7-18(3)14-19(23)4)30-27(33)21-6-5-13-32(15-21)16-24-29-26(31-34-24)20-8-10-22(28)11-9-20/h7-12,14,17,21,25H,5-6,13,15-16H2,1-4H3,(H,30,33). The van der Waals surface area contributed by atoms with E-state index in [1.165, 1.54) is 16.7 Å². The van der Waals surface area contributed by atoms with Crippen molar-refractivity contribution in [3.05, 3.63) is 69.5 Å². The van der Waals surface area contributed by atoms with Gasteiger partial charge in [-0.25, -0.2) is 0 Å². The number of nitrogens with one attached hydrogen (secondary N) is 1. The molecular weight excluding hydrogens is 492 g/mol. The zero-order valence-electron chi connectivity index (χ0n) is 20.3. The Bertz CT molecular complexity index is 1130. The minimum atomic E-state index is -0.0466. The molecule has 1 amide bonds. The molecule has 180 valence electrons. The number of amides is 1. The summed E-state index contributed by atoms with van der Waals surface area (Å²) in [5.41, 5.74) is 4.58. The summed E-state index contributed by atoms with van der Waals surface area (Å²) in [5.74, 6) is 1.55. The van der Waals surface area contributed by atoms with Crippen LogP contribution in [0.15, 0.2) is 51.5 Å². The van der Waals surface area contributed by atoms with E-state index < -0.39 is 0 Å². The van der Waals surface area contributed by atoms with Crippen LogP contribution in [0.1, 0.15) is 55.3 Å². The highest BCUT2D eigenvalue weighted by Gasteiger charge is 2.29. The fourth-order valence-electron chi connectivity index (χ4n) is 4.69. The van der Waals surface area contributed by atoms with Crippen molar-refractivity contribution < 1.29 is 9.32 Å². The number of benzene rings is 2. The first kappa shape index (κ1) is 24.6. The average molecular weight is 525 g/mol. The highest BCUT2D eigenvalue weighted by molar-refractivity contribution is 9.10. The van der Waals surface area contributed by atoms with Crippen molar-refractivity contribution in [2.75, 3.05) is 13.1 Å². The maximum atomic E-state index is 13.3. The molecule has 6 nitrogen and oxygen atoms in total. The summed E-state index contributed by atoms with van der Waals surface area (Å²) in [6.07, 6.45) is 1.87. The number of halogens is 1. The van der Waals surface area contributed by atoms with Crippen LogP contribution >= 0.6 is 15.9 Å². The van der Waals surface area contributed by atoms with Gasteiger partial charge in [0.2, 0.25) is 17.6 Å². The molecule has 2 heterocycles. The van der Waals surface area contributed by atoms with Gasteiger partial charge in [0.15, 0.2) is 0 Å². The van der Waals surface area contributed by atoms with E-state index >= 15 is 0 Å². The molecule has 0 saturated carbocycles. The second-order valence-electron chi connectivity index (χ2n) is 9.68. The number of aromatic nitrogens is 2. The average Bonchev–Trinajstić information content (AvgIpc) is 3.26. The van der Waals surface area contributed by atoms with Gasteiger partial charge in [-0.15, -0.1) is 0 Å². The van der Waals surface area contributed by atoms with Crippen LogP contribution in [-0.2, 0) is 11.3 Å². The fraction of sp³-hybridized carbons (Fsp3) is 0.444. The Morgan fingerprint density at radius 1 is 1.21 bits per heavy atom. The van der Waals surface area contributed by atoms with Crippen molar-refractivity contribution >= 4 is 21.8 Å². The molecule has 1 aliphatic rings. The van der Waals surface area contributed by atoms with Gasteiger partial charge in [-0.1, -0.05) is 58.7 Å². The van der Waals surface area contributed by atoms with E-state index in [0.717, 1.165) is 29.4 Å². The fourth-order valence-corrected chi connectivity index (χ4v) is 4.95. The smallest absolute Gasteiger partial charge is 0.241 e. The van der Waals surface area contributed by atoms with Crippen LogP contribution in [0.4, 0.5) is 0 Å². The number of rotatable bonds is 7. The Kier molecular flexibility index (Phi) is 7.84. The van der Waals surface area contributed by atoms with Crippen LogP contribution in [0, 0.1) is 25.7 Å². The highest BCUT2D eigenvalue weighted by atomic mass is 79.9. The highest BCUT2D eigenvalue weighted by Crippen LogP contribution is 2.27. The maximum absolute atomic E-state index is 13.3. The zero-order chi connectivity index (χ0) is 24.2. The van der Waals surface area contributed by atoms with Crippen LogP contribution in [-0.4, -0.2) is 34.0 Å². The van der Waals surface area contributed by atoms with Crippen LogP contribution in [0.3, 0.4) is 0 Å². The molecule has 1 N–H and O–H groups in total. The SMILES string of the molecule is Cc1ccc(C(NC(=O)C2CCCN(Cc3nc(-c4ccc(Br)cc4)no3)C2)C(C)C)c(C)c1. The minimum Gasteiger partial charge on any atom is -0.349 e. The Hall–Kier alpha value is -2.51. The lowest BCUT2D eigenvalue weighted by Gasteiger charge is -2.33. The molecule has 0 spiro atoms. The van der Waals surface area contributed by atoms with Gasteiger partial charge >= 0.3 is 0 Å². The number of aryl methyl sites for hydroxylation is 2. The molecular formula is C27H33BrN4O2. The summed E-state index contributed by atoms with van der Waals surface area (Å²) < 4.78 is 6.52. The third-order valence-electron chi connectivity index (χ3n) is 6.53. The van der Waals surface area contributed by atoms with Crippen molar-refractivity contribution in [1.82, 2.24) is 20.4 Å². The predicted octanol–water partition coefficient (Wildman–Crippen LogP) is 5.84. The largest absolute Gasteiger partial charge is 0.349 e. The monoisotopic (exact) mass is 524 g/mol. The Morgan fingerprint density at radius 3 is 2.68 bits per heavy atom. The van der Waals surface area contributed by atoms with Crippen LogP contribution < -0.4 is 5.32 Å². The summed E-state index contributed by atoms with van der Waals surface area (Å²) in [6, 6.07) is 14.3. The van der Waals surface area contributed by atoms with Gasteiger partial charge in [0.1, 0.15) is 0 Å². The van der Waals surface area contributed by atoms with Crippen molar-refractivity contribution in [3.8, 4) is 11.4 Å². The van der Waals surface area contributed by atoms with Crippen molar-refractivity contribution in [2.45, 2.75) is 53.1 Å². The molecule has 2 unspecified atom stereocenters. The van der Waals surface area contributed by atoms with Crippen LogP contribution in [0.25, 0.3) is 11.4 Å². The third kappa shape index (κ3) is 5.94. The van der Waals surface area contributed by atoms with Crippen LogP contribution in [0.5, 0.6) is 0 Å². The molecule has 1 saturated heterocycles. The summed E-state index contributed by atoms with van der Waals surface area (Å²) in [4.78, 5) is 20.1. The molecule has 3 aromatic rings. The van der Waals surface area contributed by atoms with Gasteiger partial charge in [-0.3, -0.25) is 9.69 Å². The predicted molar refractivity (Wildman–Crippen MR) is 137 cm³/mol. The molecule has 1 aromatic heterocycles. The lowest BCUT2D eigenvalue weighted by atomic mass is 9.90. The zero-order valence-corrected chi connectivity index (χ0v) is 21.9. The summed E-state index contributed by atoms with van der Waals surface area (Å²) >= 11 is 3.44. The molecule has 4 rings (SSSR count). The maximum Gasteiger partial charge on any atom is 0.241 e. The number of hydrogen-bond acceptors (Lipinski definition) is 5.